The van der Waals surface area contributed by atoms with Gasteiger partial charge in [-0.2, -0.15) is 0 Å². The molecular formula is C12H18O5. The maximum atomic E-state index is 11.4. The lowest BCUT2D eigenvalue weighted by atomic mass is 9.78. The van der Waals surface area contributed by atoms with Crippen molar-refractivity contribution < 1.29 is 24.2 Å². The van der Waals surface area contributed by atoms with Crippen LogP contribution in [0.4, 0.5) is 0 Å². The van der Waals surface area contributed by atoms with Crippen LogP contribution in [0.5, 0.6) is 0 Å². The summed E-state index contributed by atoms with van der Waals surface area (Å²) in [5.74, 6) is -2.19. The molecule has 0 aliphatic heterocycles. The Balaban J connectivity index is 4.58. The molecular weight excluding hydrogens is 224 g/mol. The van der Waals surface area contributed by atoms with Gasteiger partial charge in [-0.05, 0) is 20.3 Å². The van der Waals surface area contributed by atoms with E-state index >= 15 is 0 Å². The fourth-order valence-electron chi connectivity index (χ4n) is 1.45. The van der Waals surface area contributed by atoms with Gasteiger partial charge in [0.25, 0.3) is 0 Å². The van der Waals surface area contributed by atoms with E-state index in [1.807, 2.05) is 0 Å². The number of carboxylic acid groups (broad SMARTS) is 1. The van der Waals surface area contributed by atoms with Gasteiger partial charge in [0.05, 0.1) is 6.61 Å². The Hall–Kier alpha value is -1.65. The third-order valence-electron chi connectivity index (χ3n) is 2.80. The third kappa shape index (κ3) is 3.69. The van der Waals surface area contributed by atoms with Crippen molar-refractivity contribution in [1.29, 1.82) is 0 Å². The van der Waals surface area contributed by atoms with Crippen LogP contribution in [0, 0.1) is 5.41 Å². The molecule has 0 radical (unpaired) electrons. The Bertz CT molecular complexity index is 329. The van der Waals surface area contributed by atoms with Gasteiger partial charge in [-0.15, -0.1) is 0 Å². The maximum Gasteiger partial charge on any atom is 0.333 e. The summed E-state index contributed by atoms with van der Waals surface area (Å²) < 4.78 is 4.81. The first-order valence-corrected chi connectivity index (χ1v) is 5.35. The molecule has 1 unspecified atom stereocenters. The van der Waals surface area contributed by atoms with Crippen LogP contribution in [0.1, 0.15) is 33.6 Å². The number of carbonyl (C=O) groups excluding carboxylic acids is 2. The summed E-state index contributed by atoms with van der Waals surface area (Å²) in [6.07, 6.45) is 0.148. The highest BCUT2D eigenvalue weighted by molar-refractivity contribution is 6.01. The van der Waals surface area contributed by atoms with Gasteiger partial charge in [0.2, 0.25) is 0 Å². The number of ether oxygens (including phenoxy) is 1. The number of ketones is 1. The monoisotopic (exact) mass is 242 g/mol. The minimum absolute atomic E-state index is 0.0206. The fourth-order valence-corrected chi connectivity index (χ4v) is 1.45. The molecule has 0 aliphatic carbocycles. The Labute approximate surface area is 100 Å². The zero-order valence-electron chi connectivity index (χ0n) is 10.4. The third-order valence-corrected chi connectivity index (χ3v) is 2.80. The largest absolute Gasteiger partial charge is 0.480 e. The fraction of sp³-hybridized carbons (Fsp3) is 0.583. The summed E-state index contributed by atoms with van der Waals surface area (Å²) in [7, 11) is 0. The van der Waals surface area contributed by atoms with Crippen LogP contribution in [0.25, 0.3) is 0 Å². The molecule has 0 rings (SSSR count). The topological polar surface area (TPSA) is 80.7 Å². The summed E-state index contributed by atoms with van der Waals surface area (Å²) in [4.78, 5) is 33.6. The second kappa shape index (κ2) is 6.18. The number of aliphatic carboxylic acids is 1. The Morgan fingerprint density at radius 2 is 1.82 bits per heavy atom. The highest BCUT2D eigenvalue weighted by Gasteiger charge is 2.41. The first-order valence-electron chi connectivity index (χ1n) is 5.35. The number of hydrogen-bond acceptors (Lipinski definition) is 4. The van der Waals surface area contributed by atoms with Gasteiger partial charge < -0.3 is 9.84 Å². The molecule has 1 N–H and O–H groups in total. The maximum absolute atomic E-state index is 11.4. The summed E-state index contributed by atoms with van der Waals surface area (Å²) >= 11 is 0. The molecule has 0 bridgehead atoms. The molecule has 0 fully saturated rings. The van der Waals surface area contributed by atoms with Crippen LogP contribution in [0.3, 0.4) is 0 Å². The predicted molar refractivity (Wildman–Crippen MR) is 61.4 cm³/mol. The van der Waals surface area contributed by atoms with Crippen molar-refractivity contribution in [3.63, 3.8) is 0 Å². The molecule has 5 nitrogen and oxygen atoms in total. The lowest BCUT2D eigenvalue weighted by Gasteiger charge is -2.24. The SMILES string of the molecule is C=C(C)C(=O)OCCC(CC)(C(C)=O)C(=O)O. The molecule has 0 saturated carbocycles. The molecule has 0 saturated heterocycles. The highest BCUT2D eigenvalue weighted by Crippen LogP contribution is 2.28. The first-order chi connectivity index (χ1) is 7.77. The molecule has 1 atom stereocenters. The van der Waals surface area contributed by atoms with Crippen molar-refractivity contribution in [3.8, 4) is 0 Å². The minimum Gasteiger partial charge on any atom is -0.480 e. The molecule has 5 heteroatoms. The van der Waals surface area contributed by atoms with Crippen molar-refractivity contribution >= 4 is 17.7 Å². The van der Waals surface area contributed by atoms with Gasteiger partial charge >= 0.3 is 11.9 Å². The van der Waals surface area contributed by atoms with E-state index in [9.17, 15) is 14.4 Å². The number of carbonyl (C=O) groups is 3. The smallest absolute Gasteiger partial charge is 0.333 e. The summed E-state index contributed by atoms with van der Waals surface area (Å²) in [6.45, 7) is 7.65. The van der Waals surface area contributed by atoms with Gasteiger partial charge in [0, 0.05) is 12.0 Å². The van der Waals surface area contributed by atoms with Crippen LogP contribution < -0.4 is 0 Å². The zero-order chi connectivity index (χ0) is 13.6. The molecule has 96 valence electrons. The predicted octanol–water partition coefficient (Wildman–Crippen LogP) is 1.57. The second-order valence-corrected chi connectivity index (χ2v) is 3.96. The molecule has 17 heavy (non-hydrogen) atoms. The molecule has 0 spiro atoms. The number of Topliss-reactive ketones (excluding diaryl/α,β-unsaturated/α-hetero) is 1. The van der Waals surface area contributed by atoms with E-state index in [1.165, 1.54) is 13.8 Å². The van der Waals surface area contributed by atoms with Gasteiger partial charge in [0.15, 0.2) is 0 Å². The Morgan fingerprint density at radius 3 is 2.12 bits per heavy atom. The Morgan fingerprint density at radius 1 is 1.29 bits per heavy atom. The molecule has 0 aromatic rings. The molecule has 0 heterocycles. The van der Waals surface area contributed by atoms with Crippen LogP contribution >= 0.6 is 0 Å². The van der Waals surface area contributed by atoms with Crippen LogP contribution in [0.2, 0.25) is 0 Å². The average molecular weight is 242 g/mol. The van der Waals surface area contributed by atoms with E-state index < -0.39 is 23.1 Å². The van der Waals surface area contributed by atoms with Gasteiger partial charge in [-0.3, -0.25) is 9.59 Å². The van der Waals surface area contributed by atoms with Crippen molar-refractivity contribution in [2.75, 3.05) is 6.61 Å². The van der Waals surface area contributed by atoms with Crippen LogP contribution in [-0.4, -0.2) is 29.4 Å². The number of rotatable bonds is 7. The van der Waals surface area contributed by atoms with E-state index in [4.69, 9.17) is 9.84 Å². The lowest BCUT2D eigenvalue weighted by molar-refractivity contribution is -0.157. The second-order valence-electron chi connectivity index (χ2n) is 3.96. The molecule has 0 aliphatic rings. The zero-order valence-corrected chi connectivity index (χ0v) is 10.4. The minimum atomic E-state index is -1.46. The molecule has 0 amide bonds. The van der Waals surface area contributed by atoms with E-state index in [-0.39, 0.29) is 25.0 Å². The quantitative estimate of drug-likeness (QED) is 0.416. The number of esters is 1. The van der Waals surface area contributed by atoms with Gasteiger partial charge in [0.1, 0.15) is 11.2 Å². The Kier molecular flexibility index (Phi) is 5.58. The number of carboxylic acids is 1. The van der Waals surface area contributed by atoms with Crippen molar-refractivity contribution in [1.82, 2.24) is 0 Å². The highest BCUT2D eigenvalue weighted by atomic mass is 16.5. The standard InChI is InChI=1S/C12H18O5/c1-5-12(9(4)13,11(15)16)6-7-17-10(14)8(2)3/h2,5-7H2,1,3-4H3,(H,15,16). The van der Waals surface area contributed by atoms with Crippen LogP contribution in [-0.2, 0) is 19.1 Å². The lowest BCUT2D eigenvalue weighted by Crippen LogP contribution is -2.38. The van der Waals surface area contributed by atoms with Crippen molar-refractivity contribution in [2.45, 2.75) is 33.6 Å². The van der Waals surface area contributed by atoms with Crippen molar-refractivity contribution in [2.24, 2.45) is 5.41 Å². The van der Waals surface area contributed by atoms with Gasteiger partial charge in [-0.25, -0.2) is 4.79 Å². The van der Waals surface area contributed by atoms with E-state index in [2.05, 4.69) is 6.58 Å². The van der Waals surface area contributed by atoms with E-state index in [1.54, 1.807) is 6.92 Å². The summed E-state index contributed by atoms with van der Waals surface area (Å²) in [6, 6.07) is 0. The van der Waals surface area contributed by atoms with E-state index in [0.29, 0.717) is 0 Å². The van der Waals surface area contributed by atoms with Crippen LogP contribution in [0.15, 0.2) is 12.2 Å². The van der Waals surface area contributed by atoms with Crippen molar-refractivity contribution in [3.05, 3.63) is 12.2 Å². The normalized spacial score (nSPS) is 13.6. The van der Waals surface area contributed by atoms with E-state index in [0.717, 1.165) is 0 Å². The average Bonchev–Trinajstić information content (AvgIpc) is 2.22. The first kappa shape index (κ1) is 15.3. The summed E-state index contributed by atoms with van der Waals surface area (Å²) in [5, 5.41) is 9.09. The summed E-state index contributed by atoms with van der Waals surface area (Å²) in [5.41, 5.74) is -1.22. The number of hydrogen-bond donors (Lipinski definition) is 1. The molecule has 0 aromatic heterocycles. The van der Waals surface area contributed by atoms with Gasteiger partial charge in [-0.1, -0.05) is 13.5 Å². The molecule has 0 aromatic carbocycles.